The van der Waals surface area contributed by atoms with Gasteiger partial charge < -0.3 is 5.32 Å². The monoisotopic (exact) mass is 215 g/mol. The standard InChI is InChI=1S/C13H17N3/c1-10-4-6-13(7-5-10)16-11(2)12(8-14-3)9-15-16/h4-7,9,14H,8H2,1-3H3. The quantitative estimate of drug-likeness (QED) is 0.850. The van der Waals surface area contributed by atoms with E-state index in [9.17, 15) is 0 Å². The number of benzene rings is 1. The third-order valence-corrected chi connectivity index (χ3v) is 2.76. The first-order valence-corrected chi connectivity index (χ1v) is 5.47. The highest BCUT2D eigenvalue weighted by atomic mass is 15.3. The molecule has 0 aliphatic heterocycles. The molecule has 1 N–H and O–H groups in total. The summed E-state index contributed by atoms with van der Waals surface area (Å²) in [6, 6.07) is 8.40. The molecule has 0 radical (unpaired) electrons. The molecule has 0 bridgehead atoms. The van der Waals surface area contributed by atoms with Gasteiger partial charge >= 0.3 is 0 Å². The van der Waals surface area contributed by atoms with Crippen molar-refractivity contribution in [1.29, 1.82) is 0 Å². The molecule has 16 heavy (non-hydrogen) atoms. The number of nitrogens with zero attached hydrogens (tertiary/aromatic N) is 2. The average molecular weight is 215 g/mol. The Morgan fingerprint density at radius 2 is 1.88 bits per heavy atom. The zero-order chi connectivity index (χ0) is 11.5. The van der Waals surface area contributed by atoms with Gasteiger partial charge in [0.1, 0.15) is 0 Å². The Bertz CT molecular complexity index is 468. The van der Waals surface area contributed by atoms with Gasteiger partial charge in [0.05, 0.1) is 11.9 Å². The summed E-state index contributed by atoms with van der Waals surface area (Å²) < 4.78 is 1.98. The number of aromatic nitrogens is 2. The van der Waals surface area contributed by atoms with Gasteiger partial charge in [0.15, 0.2) is 0 Å². The molecule has 1 heterocycles. The summed E-state index contributed by atoms with van der Waals surface area (Å²) in [6.45, 7) is 5.05. The maximum atomic E-state index is 4.41. The van der Waals surface area contributed by atoms with Crippen molar-refractivity contribution < 1.29 is 0 Å². The zero-order valence-electron chi connectivity index (χ0n) is 9.99. The van der Waals surface area contributed by atoms with Crippen LogP contribution in [0.15, 0.2) is 30.5 Å². The van der Waals surface area contributed by atoms with Gasteiger partial charge in [-0.15, -0.1) is 0 Å². The van der Waals surface area contributed by atoms with Crippen LogP contribution in [0, 0.1) is 13.8 Å². The Labute approximate surface area is 96.1 Å². The fourth-order valence-corrected chi connectivity index (χ4v) is 1.75. The second kappa shape index (κ2) is 4.49. The van der Waals surface area contributed by atoms with Gasteiger partial charge in [-0.3, -0.25) is 0 Å². The number of nitrogens with one attached hydrogen (secondary N) is 1. The van der Waals surface area contributed by atoms with Crippen LogP contribution in [0.3, 0.4) is 0 Å². The summed E-state index contributed by atoms with van der Waals surface area (Å²) in [5.41, 5.74) is 4.82. The van der Waals surface area contributed by atoms with Gasteiger partial charge in [0, 0.05) is 17.8 Å². The third kappa shape index (κ3) is 1.99. The molecule has 0 saturated heterocycles. The van der Waals surface area contributed by atoms with Crippen molar-refractivity contribution in [1.82, 2.24) is 15.1 Å². The summed E-state index contributed by atoms with van der Waals surface area (Å²) in [6.07, 6.45) is 1.92. The summed E-state index contributed by atoms with van der Waals surface area (Å²) in [4.78, 5) is 0. The first kappa shape index (κ1) is 10.9. The van der Waals surface area contributed by atoms with E-state index in [4.69, 9.17) is 0 Å². The molecule has 0 saturated carbocycles. The molecule has 84 valence electrons. The lowest BCUT2D eigenvalue weighted by Gasteiger charge is -2.05. The molecule has 0 unspecified atom stereocenters. The van der Waals surface area contributed by atoms with Crippen LogP contribution in [0.5, 0.6) is 0 Å². The molecule has 0 aliphatic rings. The van der Waals surface area contributed by atoms with Crippen molar-refractivity contribution in [2.75, 3.05) is 7.05 Å². The fraction of sp³-hybridized carbons (Fsp3) is 0.308. The number of aryl methyl sites for hydroxylation is 1. The minimum Gasteiger partial charge on any atom is -0.316 e. The van der Waals surface area contributed by atoms with E-state index in [2.05, 4.69) is 48.5 Å². The molecule has 1 aromatic heterocycles. The minimum absolute atomic E-state index is 0.859. The molecule has 0 aliphatic carbocycles. The lowest BCUT2D eigenvalue weighted by molar-refractivity contribution is 0.801. The van der Waals surface area contributed by atoms with Crippen LogP contribution in [0.4, 0.5) is 0 Å². The van der Waals surface area contributed by atoms with E-state index in [0.29, 0.717) is 0 Å². The highest BCUT2D eigenvalue weighted by Gasteiger charge is 2.06. The van der Waals surface area contributed by atoms with Crippen molar-refractivity contribution in [2.45, 2.75) is 20.4 Å². The highest BCUT2D eigenvalue weighted by Crippen LogP contribution is 2.14. The van der Waals surface area contributed by atoms with E-state index in [0.717, 1.165) is 12.2 Å². The first-order valence-electron chi connectivity index (χ1n) is 5.47. The highest BCUT2D eigenvalue weighted by molar-refractivity contribution is 5.36. The van der Waals surface area contributed by atoms with Crippen LogP contribution in [0.25, 0.3) is 5.69 Å². The fourth-order valence-electron chi connectivity index (χ4n) is 1.75. The Morgan fingerprint density at radius 1 is 1.19 bits per heavy atom. The van der Waals surface area contributed by atoms with Gasteiger partial charge in [0.25, 0.3) is 0 Å². The Balaban J connectivity index is 2.37. The molecule has 3 heteroatoms. The van der Waals surface area contributed by atoms with E-state index < -0.39 is 0 Å². The zero-order valence-corrected chi connectivity index (χ0v) is 9.99. The van der Waals surface area contributed by atoms with Crippen LogP contribution in [-0.4, -0.2) is 16.8 Å². The van der Waals surface area contributed by atoms with Gasteiger partial charge in [-0.25, -0.2) is 4.68 Å². The summed E-state index contributed by atoms with van der Waals surface area (Å²) in [5, 5.41) is 7.56. The van der Waals surface area contributed by atoms with Crippen LogP contribution in [0.2, 0.25) is 0 Å². The second-order valence-corrected chi connectivity index (χ2v) is 4.03. The molecular weight excluding hydrogens is 198 g/mol. The van der Waals surface area contributed by atoms with Gasteiger partial charge in [0.2, 0.25) is 0 Å². The Hall–Kier alpha value is -1.61. The Morgan fingerprint density at radius 3 is 2.50 bits per heavy atom. The smallest absolute Gasteiger partial charge is 0.0648 e. The predicted molar refractivity (Wildman–Crippen MR) is 65.8 cm³/mol. The predicted octanol–water partition coefficient (Wildman–Crippen LogP) is 2.21. The van der Waals surface area contributed by atoms with Crippen LogP contribution in [0.1, 0.15) is 16.8 Å². The summed E-state index contributed by atoms with van der Waals surface area (Å²) >= 11 is 0. The van der Waals surface area contributed by atoms with Crippen molar-refractivity contribution in [2.24, 2.45) is 0 Å². The van der Waals surface area contributed by atoms with Crippen molar-refractivity contribution in [3.05, 3.63) is 47.3 Å². The molecule has 2 rings (SSSR count). The lowest BCUT2D eigenvalue weighted by Crippen LogP contribution is -2.06. The normalized spacial score (nSPS) is 10.7. The molecule has 3 nitrogen and oxygen atoms in total. The largest absolute Gasteiger partial charge is 0.316 e. The van der Waals surface area contributed by atoms with Gasteiger partial charge in [-0.1, -0.05) is 17.7 Å². The SMILES string of the molecule is CNCc1cnn(-c2ccc(C)cc2)c1C. The lowest BCUT2D eigenvalue weighted by atomic mass is 10.2. The van der Waals surface area contributed by atoms with Crippen LogP contribution < -0.4 is 5.32 Å². The Kier molecular flexibility index (Phi) is 3.06. The molecule has 0 amide bonds. The van der Waals surface area contributed by atoms with Crippen LogP contribution >= 0.6 is 0 Å². The van der Waals surface area contributed by atoms with Crippen molar-refractivity contribution in [3.8, 4) is 5.69 Å². The molecule has 1 aromatic carbocycles. The van der Waals surface area contributed by atoms with E-state index in [-0.39, 0.29) is 0 Å². The van der Waals surface area contributed by atoms with E-state index in [1.807, 2.05) is 17.9 Å². The van der Waals surface area contributed by atoms with Crippen molar-refractivity contribution in [3.63, 3.8) is 0 Å². The maximum absolute atomic E-state index is 4.41. The van der Waals surface area contributed by atoms with Crippen LogP contribution in [-0.2, 0) is 6.54 Å². The van der Waals surface area contributed by atoms with E-state index in [1.165, 1.54) is 16.8 Å². The topological polar surface area (TPSA) is 29.9 Å². The minimum atomic E-state index is 0.859. The molecule has 0 atom stereocenters. The average Bonchev–Trinajstić information content (AvgIpc) is 2.63. The van der Waals surface area contributed by atoms with Gasteiger partial charge in [-0.05, 0) is 33.0 Å². The summed E-state index contributed by atoms with van der Waals surface area (Å²) in [7, 11) is 1.95. The summed E-state index contributed by atoms with van der Waals surface area (Å²) in [5.74, 6) is 0. The molecule has 0 spiro atoms. The molecular formula is C13H17N3. The third-order valence-electron chi connectivity index (χ3n) is 2.76. The van der Waals surface area contributed by atoms with E-state index in [1.54, 1.807) is 0 Å². The van der Waals surface area contributed by atoms with E-state index >= 15 is 0 Å². The number of hydrogen-bond acceptors (Lipinski definition) is 2. The van der Waals surface area contributed by atoms with Gasteiger partial charge in [-0.2, -0.15) is 5.10 Å². The second-order valence-electron chi connectivity index (χ2n) is 4.03. The maximum Gasteiger partial charge on any atom is 0.0648 e. The number of hydrogen-bond donors (Lipinski definition) is 1. The number of rotatable bonds is 3. The molecule has 2 aromatic rings. The molecule has 0 fully saturated rings. The van der Waals surface area contributed by atoms with Crippen molar-refractivity contribution >= 4 is 0 Å². The first-order chi connectivity index (χ1) is 7.72.